The number of anilines is 1. The highest BCUT2D eigenvalue weighted by atomic mass is 35.5. The Balaban J connectivity index is 1.99. The van der Waals surface area contributed by atoms with E-state index in [1.807, 2.05) is 6.92 Å². The molecule has 0 unspecified atom stereocenters. The van der Waals surface area contributed by atoms with Gasteiger partial charge in [0.05, 0.1) is 10.9 Å². The SMILES string of the molecule is C[C@@H](NC(=O)Nc1ccc(Cl)cc1)c1ccc(S(C)(=O)=O)cc1. The van der Waals surface area contributed by atoms with Gasteiger partial charge in [-0.2, -0.15) is 0 Å². The third kappa shape index (κ3) is 4.97. The summed E-state index contributed by atoms with van der Waals surface area (Å²) in [6.07, 6.45) is 1.16. The van der Waals surface area contributed by atoms with Gasteiger partial charge >= 0.3 is 6.03 Å². The third-order valence-electron chi connectivity index (χ3n) is 3.26. The Labute approximate surface area is 140 Å². The van der Waals surface area contributed by atoms with Gasteiger partial charge in [-0.25, -0.2) is 13.2 Å². The normalized spacial score (nSPS) is 12.5. The fourth-order valence-corrected chi connectivity index (χ4v) is 2.74. The van der Waals surface area contributed by atoms with Gasteiger partial charge in [0.25, 0.3) is 0 Å². The van der Waals surface area contributed by atoms with E-state index in [2.05, 4.69) is 10.6 Å². The maximum Gasteiger partial charge on any atom is 0.319 e. The molecule has 0 aliphatic heterocycles. The molecule has 0 aromatic heterocycles. The molecule has 0 fully saturated rings. The van der Waals surface area contributed by atoms with Crippen LogP contribution in [0.5, 0.6) is 0 Å². The van der Waals surface area contributed by atoms with E-state index in [-0.39, 0.29) is 17.0 Å². The zero-order valence-corrected chi connectivity index (χ0v) is 14.3. The molecule has 0 spiro atoms. The molecule has 122 valence electrons. The summed E-state index contributed by atoms with van der Waals surface area (Å²) >= 11 is 5.79. The van der Waals surface area contributed by atoms with Crippen LogP contribution in [-0.4, -0.2) is 20.7 Å². The van der Waals surface area contributed by atoms with Gasteiger partial charge in [0.2, 0.25) is 0 Å². The monoisotopic (exact) mass is 352 g/mol. The van der Waals surface area contributed by atoms with Crippen molar-refractivity contribution in [1.82, 2.24) is 5.32 Å². The lowest BCUT2D eigenvalue weighted by molar-refractivity contribution is 0.249. The van der Waals surface area contributed by atoms with Gasteiger partial charge in [0.1, 0.15) is 0 Å². The van der Waals surface area contributed by atoms with Gasteiger partial charge in [-0.05, 0) is 48.9 Å². The summed E-state index contributed by atoms with van der Waals surface area (Å²) in [7, 11) is -3.22. The summed E-state index contributed by atoms with van der Waals surface area (Å²) in [5.74, 6) is 0. The highest BCUT2D eigenvalue weighted by molar-refractivity contribution is 7.90. The second-order valence-electron chi connectivity index (χ2n) is 5.17. The van der Waals surface area contributed by atoms with Crippen molar-refractivity contribution in [3.05, 3.63) is 59.1 Å². The van der Waals surface area contributed by atoms with Crippen LogP contribution in [0.1, 0.15) is 18.5 Å². The summed E-state index contributed by atoms with van der Waals surface area (Å²) < 4.78 is 22.9. The Bertz CT molecular complexity index is 787. The van der Waals surface area contributed by atoms with Gasteiger partial charge in [-0.1, -0.05) is 23.7 Å². The molecule has 0 bridgehead atoms. The van der Waals surface area contributed by atoms with Crippen LogP contribution >= 0.6 is 11.6 Å². The lowest BCUT2D eigenvalue weighted by Gasteiger charge is -2.15. The van der Waals surface area contributed by atoms with E-state index >= 15 is 0 Å². The predicted molar refractivity (Wildman–Crippen MR) is 91.6 cm³/mol. The number of nitrogens with one attached hydrogen (secondary N) is 2. The number of amides is 2. The molecule has 0 aliphatic rings. The Morgan fingerprint density at radius 3 is 2.13 bits per heavy atom. The van der Waals surface area contributed by atoms with Crippen molar-refractivity contribution in [3.8, 4) is 0 Å². The molecule has 2 aromatic rings. The molecular weight excluding hydrogens is 336 g/mol. The van der Waals surface area contributed by atoms with E-state index in [0.717, 1.165) is 11.8 Å². The number of sulfone groups is 1. The Hall–Kier alpha value is -2.05. The lowest BCUT2D eigenvalue weighted by Crippen LogP contribution is -2.31. The minimum absolute atomic E-state index is 0.249. The fraction of sp³-hybridized carbons (Fsp3) is 0.188. The second-order valence-corrected chi connectivity index (χ2v) is 7.62. The number of rotatable bonds is 4. The maximum absolute atomic E-state index is 12.0. The molecule has 0 heterocycles. The molecule has 23 heavy (non-hydrogen) atoms. The van der Waals surface area contributed by atoms with E-state index in [9.17, 15) is 13.2 Å². The van der Waals surface area contributed by atoms with Crippen molar-refractivity contribution < 1.29 is 13.2 Å². The highest BCUT2D eigenvalue weighted by Gasteiger charge is 2.12. The first kappa shape index (κ1) is 17.3. The number of benzene rings is 2. The molecular formula is C16H17ClN2O3S. The molecule has 0 saturated carbocycles. The first-order valence-corrected chi connectivity index (χ1v) is 9.16. The van der Waals surface area contributed by atoms with Gasteiger partial charge in [-0.3, -0.25) is 0 Å². The molecule has 0 radical (unpaired) electrons. The van der Waals surface area contributed by atoms with Crippen LogP contribution in [-0.2, 0) is 9.84 Å². The summed E-state index contributed by atoms with van der Waals surface area (Å²) in [5.41, 5.74) is 1.44. The minimum atomic E-state index is -3.22. The van der Waals surface area contributed by atoms with Crippen LogP contribution in [0.25, 0.3) is 0 Å². The van der Waals surface area contributed by atoms with E-state index in [1.54, 1.807) is 36.4 Å². The van der Waals surface area contributed by atoms with Crippen LogP contribution < -0.4 is 10.6 Å². The Kier molecular flexibility index (Phi) is 5.28. The zero-order chi connectivity index (χ0) is 17.0. The summed E-state index contributed by atoms with van der Waals surface area (Å²) in [6.45, 7) is 1.82. The molecule has 5 nitrogen and oxygen atoms in total. The first-order valence-electron chi connectivity index (χ1n) is 6.89. The number of urea groups is 1. The van der Waals surface area contributed by atoms with E-state index in [4.69, 9.17) is 11.6 Å². The average molecular weight is 353 g/mol. The summed E-state index contributed by atoms with van der Waals surface area (Å²) in [4.78, 5) is 12.2. The lowest BCUT2D eigenvalue weighted by atomic mass is 10.1. The van der Waals surface area contributed by atoms with Crippen LogP contribution in [0.3, 0.4) is 0 Å². The van der Waals surface area contributed by atoms with Crippen molar-refractivity contribution in [2.24, 2.45) is 0 Å². The van der Waals surface area contributed by atoms with Gasteiger partial charge in [0.15, 0.2) is 9.84 Å². The van der Waals surface area contributed by atoms with E-state index < -0.39 is 9.84 Å². The van der Waals surface area contributed by atoms with E-state index in [0.29, 0.717) is 10.7 Å². The number of hydrogen-bond acceptors (Lipinski definition) is 3. The molecule has 2 amide bonds. The first-order chi connectivity index (χ1) is 10.8. The average Bonchev–Trinajstić information content (AvgIpc) is 2.49. The molecule has 7 heteroatoms. The van der Waals surface area contributed by atoms with Crippen molar-refractivity contribution in [3.63, 3.8) is 0 Å². The molecule has 2 N–H and O–H groups in total. The van der Waals surface area contributed by atoms with E-state index in [1.165, 1.54) is 12.1 Å². The third-order valence-corrected chi connectivity index (χ3v) is 4.64. The van der Waals surface area contributed by atoms with Crippen LogP contribution in [0.2, 0.25) is 5.02 Å². The number of carbonyl (C=O) groups excluding carboxylic acids is 1. The highest BCUT2D eigenvalue weighted by Crippen LogP contribution is 2.17. The molecule has 2 rings (SSSR count). The summed E-state index contributed by atoms with van der Waals surface area (Å²) in [5, 5.41) is 6.08. The molecule has 0 aliphatic carbocycles. The van der Waals surface area contributed by atoms with Gasteiger partial charge in [-0.15, -0.1) is 0 Å². The molecule has 1 atom stereocenters. The largest absolute Gasteiger partial charge is 0.331 e. The quantitative estimate of drug-likeness (QED) is 0.882. The van der Waals surface area contributed by atoms with Crippen molar-refractivity contribution in [1.29, 1.82) is 0 Å². The number of carbonyl (C=O) groups is 1. The zero-order valence-electron chi connectivity index (χ0n) is 12.7. The molecule has 2 aromatic carbocycles. The Morgan fingerprint density at radius 1 is 1.04 bits per heavy atom. The van der Waals surface area contributed by atoms with Gasteiger partial charge in [0, 0.05) is 17.0 Å². The van der Waals surface area contributed by atoms with Crippen molar-refractivity contribution >= 4 is 33.2 Å². The molecule has 0 saturated heterocycles. The van der Waals surface area contributed by atoms with Crippen LogP contribution in [0.4, 0.5) is 10.5 Å². The van der Waals surface area contributed by atoms with Crippen LogP contribution in [0, 0.1) is 0 Å². The standard InChI is InChI=1S/C16H17ClN2O3S/c1-11(12-3-9-15(10-4-12)23(2,21)22)18-16(20)19-14-7-5-13(17)6-8-14/h3-11H,1-2H3,(H2,18,19,20)/t11-/m1/s1. The van der Waals surface area contributed by atoms with Crippen LogP contribution in [0.15, 0.2) is 53.4 Å². The topological polar surface area (TPSA) is 75.3 Å². The Morgan fingerprint density at radius 2 is 1.61 bits per heavy atom. The summed E-state index contributed by atoms with van der Waals surface area (Å²) in [6, 6.07) is 12.6. The van der Waals surface area contributed by atoms with Crippen molar-refractivity contribution in [2.75, 3.05) is 11.6 Å². The number of halogens is 1. The fourth-order valence-electron chi connectivity index (χ4n) is 1.98. The maximum atomic E-state index is 12.0. The predicted octanol–water partition coefficient (Wildman–Crippen LogP) is 3.63. The number of hydrogen-bond donors (Lipinski definition) is 2. The van der Waals surface area contributed by atoms with Crippen molar-refractivity contribution in [2.45, 2.75) is 17.9 Å². The minimum Gasteiger partial charge on any atom is -0.331 e. The van der Waals surface area contributed by atoms with Gasteiger partial charge < -0.3 is 10.6 Å². The second kappa shape index (κ2) is 7.02. The smallest absolute Gasteiger partial charge is 0.319 e.